The van der Waals surface area contributed by atoms with Crippen LogP contribution in [-0.4, -0.2) is 0 Å². The van der Waals surface area contributed by atoms with Gasteiger partial charge in [0.2, 0.25) is 0 Å². The number of nitrogens with two attached hydrogens (primary N) is 2. The van der Waals surface area contributed by atoms with Crippen LogP contribution in [0.4, 0.5) is 4.39 Å². The summed E-state index contributed by atoms with van der Waals surface area (Å²) in [7, 11) is 0. The van der Waals surface area contributed by atoms with Crippen molar-refractivity contribution in [3.05, 3.63) is 89.4 Å². The summed E-state index contributed by atoms with van der Waals surface area (Å²) in [6.07, 6.45) is 4.41. The molecule has 1 unspecified atom stereocenters. The van der Waals surface area contributed by atoms with E-state index in [4.69, 9.17) is 11.5 Å². The summed E-state index contributed by atoms with van der Waals surface area (Å²) in [5.74, 6) is -0.268. The van der Waals surface area contributed by atoms with Gasteiger partial charge in [0.05, 0.1) is 5.54 Å². The molecule has 106 valence electrons. The molecule has 0 bridgehead atoms. The Morgan fingerprint density at radius 1 is 0.952 bits per heavy atom. The smallest absolute Gasteiger partial charge is 0.123 e. The summed E-state index contributed by atoms with van der Waals surface area (Å²) in [4.78, 5) is 0. The maximum absolute atomic E-state index is 13.0. The van der Waals surface area contributed by atoms with Crippen LogP contribution < -0.4 is 11.5 Å². The predicted molar refractivity (Wildman–Crippen MR) is 83.6 cm³/mol. The Morgan fingerprint density at radius 3 is 2.24 bits per heavy atom. The van der Waals surface area contributed by atoms with Crippen LogP contribution >= 0.6 is 0 Å². The lowest BCUT2D eigenvalue weighted by Gasteiger charge is -2.31. The Morgan fingerprint density at radius 2 is 1.62 bits per heavy atom. The number of benzene rings is 2. The van der Waals surface area contributed by atoms with Crippen molar-refractivity contribution in [3.8, 4) is 0 Å². The average Bonchev–Trinajstić information content (AvgIpc) is 2.49. The van der Waals surface area contributed by atoms with Gasteiger partial charge in [-0.3, -0.25) is 0 Å². The maximum Gasteiger partial charge on any atom is 0.123 e. The lowest BCUT2D eigenvalue weighted by molar-refractivity contribution is 0.544. The molecule has 3 heteroatoms. The third kappa shape index (κ3) is 2.60. The van der Waals surface area contributed by atoms with Crippen molar-refractivity contribution in [2.75, 3.05) is 0 Å². The van der Waals surface area contributed by atoms with E-state index in [9.17, 15) is 4.39 Å². The molecule has 0 fully saturated rings. The van der Waals surface area contributed by atoms with Crippen LogP contribution in [0, 0.1) is 5.82 Å². The Kier molecular flexibility index (Phi) is 3.35. The van der Waals surface area contributed by atoms with Gasteiger partial charge in [0, 0.05) is 17.7 Å². The topological polar surface area (TPSA) is 52.0 Å². The van der Waals surface area contributed by atoms with E-state index in [1.165, 1.54) is 12.1 Å². The minimum Gasteiger partial charge on any atom is -0.401 e. The third-order valence-corrected chi connectivity index (χ3v) is 3.84. The van der Waals surface area contributed by atoms with E-state index in [0.717, 1.165) is 22.4 Å². The van der Waals surface area contributed by atoms with Gasteiger partial charge >= 0.3 is 0 Å². The molecule has 0 heterocycles. The normalized spacial score (nSPS) is 21.6. The number of halogens is 1. The van der Waals surface area contributed by atoms with E-state index >= 15 is 0 Å². The van der Waals surface area contributed by atoms with Gasteiger partial charge in [-0.25, -0.2) is 4.39 Å². The van der Waals surface area contributed by atoms with Crippen molar-refractivity contribution in [1.29, 1.82) is 0 Å². The molecular weight excluding hydrogens is 263 g/mol. The molecule has 4 N–H and O–H groups in total. The quantitative estimate of drug-likeness (QED) is 0.886. The van der Waals surface area contributed by atoms with Gasteiger partial charge in [-0.05, 0) is 23.3 Å². The summed E-state index contributed by atoms with van der Waals surface area (Å²) >= 11 is 0. The molecule has 3 rings (SSSR count). The Bertz CT molecular complexity index is 702. The first-order chi connectivity index (χ1) is 10.1. The van der Waals surface area contributed by atoms with Crippen LogP contribution in [0.2, 0.25) is 0 Å². The summed E-state index contributed by atoms with van der Waals surface area (Å²) in [6, 6.07) is 16.2. The van der Waals surface area contributed by atoms with Crippen LogP contribution in [0.3, 0.4) is 0 Å². The zero-order valence-corrected chi connectivity index (χ0v) is 11.6. The highest BCUT2D eigenvalue weighted by Crippen LogP contribution is 2.34. The van der Waals surface area contributed by atoms with Crippen LogP contribution in [0.25, 0.3) is 5.57 Å². The predicted octanol–water partition coefficient (Wildman–Crippen LogP) is 3.31. The number of hydrogen-bond donors (Lipinski definition) is 2. The van der Waals surface area contributed by atoms with E-state index in [2.05, 4.69) is 0 Å². The van der Waals surface area contributed by atoms with Crippen molar-refractivity contribution in [2.45, 2.75) is 12.0 Å². The average molecular weight is 280 g/mol. The van der Waals surface area contributed by atoms with Crippen molar-refractivity contribution in [1.82, 2.24) is 0 Å². The molecule has 0 radical (unpaired) electrons. The first-order valence-electron chi connectivity index (χ1n) is 6.87. The molecule has 2 aromatic rings. The Balaban J connectivity index is 1.94. The van der Waals surface area contributed by atoms with E-state index in [-0.39, 0.29) is 5.82 Å². The fraction of sp³-hybridized carbons (Fsp3) is 0.111. The lowest BCUT2D eigenvalue weighted by Crippen LogP contribution is -2.37. The van der Waals surface area contributed by atoms with E-state index < -0.39 is 5.54 Å². The molecule has 21 heavy (non-hydrogen) atoms. The Hall–Kier alpha value is -2.39. The molecular formula is C18H17FN2. The largest absolute Gasteiger partial charge is 0.401 e. The van der Waals surface area contributed by atoms with Crippen molar-refractivity contribution in [3.63, 3.8) is 0 Å². The second-order valence-electron chi connectivity index (χ2n) is 5.36. The van der Waals surface area contributed by atoms with E-state index in [0.29, 0.717) is 6.42 Å². The second-order valence-corrected chi connectivity index (χ2v) is 5.36. The molecule has 0 amide bonds. The molecule has 2 nitrogen and oxygen atoms in total. The highest BCUT2D eigenvalue weighted by Gasteiger charge is 2.29. The minimum absolute atomic E-state index is 0.268. The molecule has 0 saturated heterocycles. The van der Waals surface area contributed by atoms with Gasteiger partial charge in [-0.1, -0.05) is 54.6 Å². The highest BCUT2D eigenvalue weighted by molar-refractivity contribution is 5.78. The monoisotopic (exact) mass is 280 g/mol. The molecule has 1 atom stereocenters. The van der Waals surface area contributed by atoms with Crippen molar-refractivity contribution in [2.24, 2.45) is 11.5 Å². The van der Waals surface area contributed by atoms with Gasteiger partial charge in [0.15, 0.2) is 0 Å². The van der Waals surface area contributed by atoms with Gasteiger partial charge < -0.3 is 11.5 Å². The number of allylic oxidation sites excluding steroid dienone is 2. The molecule has 2 aromatic carbocycles. The third-order valence-electron chi connectivity index (χ3n) is 3.84. The van der Waals surface area contributed by atoms with Crippen molar-refractivity contribution >= 4 is 5.57 Å². The molecule has 0 spiro atoms. The Labute approximate surface area is 123 Å². The van der Waals surface area contributed by atoms with Gasteiger partial charge in [-0.15, -0.1) is 0 Å². The van der Waals surface area contributed by atoms with Crippen LogP contribution in [0.1, 0.15) is 17.5 Å². The SMILES string of the molecule is NC1=C(c2ccccc2)C=CC(N)(c2ccc(F)cc2)C1. The van der Waals surface area contributed by atoms with Gasteiger partial charge in [0.25, 0.3) is 0 Å². The van der Waals surface area contributed by atoms with Gasteiger partial charge in [-0.2, -0.15) is 0 Å². The van der Waals surface area contributed by atoms with E-state index in [1.54, 1.807) is 12.1 Å². The van der Waals surface area contributed by atoms with Crippen LogP contribution in [0.5, 0.6) is 0 Å². The molecule has 1 aliphatic rings. The molecule has 0 aliphatic heterocycles. The first-order valence-corrected chi connectivity index (χ1v) is 6.87. The summed E-state index contributed by atoms with van der Waals surface area (Å²) < 4.78 is 13.0. The minimum atomic E-state index is -0.684. The summed E-state index contributed by atoms with van der Waals surface area (Å²) in [5.41, 5.74) is 15.7. The first kappa shape index (κ1) is 13.6. The van der Waals surface area contributed by atoms with Gasteiger partial charge in [0.1, 0.15) is 5.82 Å². The number of hydrogen-bond acceptors (Lipinski definition) is 2. The highest BCUT2D eigenvalue weighted by atomic mass is 19.1. The summed E-state index contributed by atoms with van der Waals surface area (Å²) in [5, 5.41) is 0. The standard InChI is InChI=1S/C18H17FN2/c19-15-8-6-14(7-9-15)18(21)11-10-16(17(20)12-18)13-4-2-1-3-5-13/h1-11H,12,20-21H2. The van der Waals surface area contributed by atoms with Crippen LogP contribution in [-0.2, 0) is 5.54 Å². The fourth-order valence-electron chi connectivity index (χ4n) is 2.67. The fourth-order valence-corrected chi connectivity index (χ4v) is 2.67. The molecule has 1 aliphatic carbocycles. The number of rotatable bonds is 2. The molecule has 0 aromatic heterocycles. The van der Waals surface area contributed by atoms with E-state index in [1.807, 2.05) is 42.5 Å². The lowest BCUT2D eigenvalue weighted by atomic mass is 9.80. The van der Waals surface area contributed by atoms with Crippen molar-refractivity contribution < 1.29 is 4.39 Å². The zero-order valence-electron chi connectivity index (χ0n) is 11.6. The van der Waals surface area contributed by atoms with Crippen LogP contribution in [0.15, 0.2) is 72.4 Å². The second kappa shape index (κ2) is 5.19. The molecule has 0 saturated carbocycles. The zero-order chi connectivity index (χ0) is 14.9. The maximum atomic E-state index is 13.0. The summed E-state index contributed by atoms with van der Waals surface area (Å²) in [6.45, 7) is 0.